The van der Waals surface area contributed by atoms with Crippen molar-refractivity contribution in [2.24, 2.45) is 17.3 Å². The molecule has 6 atom stereocenters. The lowest BCUT2D eigenvalue weighted by molar-refractivity contribution is -0.162. The summed E-state index contributed by atoms with van der Waals surface area (Å²) in [6.45, 7) is 17.5. The van der Waals surface area contributed by atoms with Gasteiger partial charge in [-0.3, -0.25) is 9.59 Å². The third-order valence-corrected chi connectivity index (χ3v) is 14.4. The lowest BCUT2D eigenvalue weighted by Crippen LogP contribution is -2.50. The van der Waals surface area contributed by atoms with Crippen LogP contribution in [0.25, 0.3) is 0 Å². The molecule has 1 aromatic rings. The van der Waals surface area contributed by atoms with Crippen LogP contribution in [0.3, 0.4) is 0 Å². The van der Waals surface area contributed by atoms with Gasteiger partial charge in [0.2, 0.25) is 0 Å². The minimum atomic E-state index is -2.03. The Balaban J connectivity index is 1.62. The number of carbonyl (C=O) groups is 2. The van der Waals surface area contributed by atoms with Crippen molar-refractivity contribution in [3.63, 3.8) is 0 Å². The number of hydrogen-bond donors (Lipinski definition) is 0. The summed E-state index contributed by atoms with van der Waals surface area (Å²) < 4.78 is 18.7. The van der Waals surface area contributed by atoms with Crippen LogP contribution in [0.5, 0.6) is 5.75 Å². The van der Waals surface area contributed by atoms with Gasteiger partial charge in [0.1, 0.15) is 11.9 Å². The molecule has 2 saturated carbocycles. The van der Waals surface area contributed by atoms with Gasteiger partial charge in [-0.1, -0.05) is 47.6 Å². The molecule has 1 aromatic carbocycles. The quantitative estimate of drug-likeness (QED) is 0.229. The Hall–Kier alpha value is -1.66. The SMILES string of the molecule is CCC(=O)Oc1ccc2c(c1)CC[C@@H]1[C@@H]2CC[C@@]2(C)[C@H]1C[C@@H](O[Si](C)(C)C(C)(C)C)[C@@H]2OC(=O)CC. The van der Waals surface area contributed by atoms with Crippen LogP contribution in [0.15, 0.2) is 18.2 Å². The molecule has 36 heavy (non-hydrogen) atoms. The maximum atomic E-state index is 12.6. The number of aryl methyl sites for hydroxylation is 1. The molecule has 5 nitrogen and oxygen atoms in total. The maximum Gasteiger partial charge on any atom is 0.310 e. The molecule has 0 aromatic heterocycles. The zero-order valence-corrected chi connectivity index (χ0v) is 24.6. The van der Waals surface area contributed by atoms with E-state index in [1.807, 2.05) is 19.9 Å². The van der Waals surface area contributed by atoms with E-state index in [0.29, 0.717) is 36.3 Å². The van der Waals surface area contributed by atoms with Crippen LogP contribution in [-0.4, -0.2) is 32.5 Å². The van der Waals surface area contributed by atoms with Gasteiger partial charge < -0.3 is 13.9 Å². The Kier molecular flexibility index (Phi) is 7.53. The highest BCUT2D eigenvalue weighted by atomic mass is 28.4. The summed E-state index contributed by atoms with van der Waals surface area (Å²) in [4.78, 5) is 24.4. The molecule has 2 fully saturated rings. The first-order valence-corrected chi connectivity index (χ1v) is 16.9. The molecular formula is C30H46O5Si. The van der Waals surface area contributed by atoms with Crippen LogP contribution in [0.2, 0.25) is 18.1 Å². The van der Waals surface area contributed by atoms with Crippen molar-refractivity contribution in [3.05, 3.63) is 29.3 Å². The number of ether oxygens (including phenoxy) is 2. The summed E-state index contributed by atoms with van der Waals surface area (Å²) in [5, 5.41) is 0.103. The van der Waals surface area contributed by atoms with E-state index in [1.54, 1.807) is 0 Å². The Morgan fingerprint density at radius 3 is 2.42 bits per heavy atom. The molecule has 3 aliphatic carbocycles. The molecule has 0 aliphatic heterocycles. The lowest BCUT2D eigenvalue weighted by Gasteiger charge is -2.50. The summed E-state index contributed by atoms with van der Waals surface area (Å²) in [6, 6.07) is 6.24. The van der Waals surface area contributed by atoms with Gasteiger partial charge in [0, 0.05) is 18.3 Å². The maximum absolute atomic E-state index is 12.6. The van der Waals surface area contributed by atoms with Gasteiger partial charge >= 0.3 is 11.9 Å². The summed E-state index contributed by atoms with van der Waals surface area (Å²) >= 11 is 0. The third-order valence-electron chi connectivity index (χ3n) is 9.93. The van der Waals surface area contributed by atoms with Crippen LogP contribution in [0.4, 0.5) is 0 Å². The van der Waals surface area contributed by atoms with Crippen molar-refractivity contribution >= 4 is 20.3 Å². The molecule has 0 N–H and O–H groups in total. The molecule has 4 rings (SSSR count). The highest BCUT2D eigenvalue weighted by Crippen LogP contribution is 2.62. The fourth-order valence-electron chi connectivity index (χ4n) is 6.87. The van der Waals surface area contributed by atoms with E-state index in [9.17, 15) is 9.59 Å². The number of benzene rings is 1. The highest BCUT2D eigenvalue weighted by Gasteiger charge is 2.61. The van der Waals surface area contributed by atoms with Gasteiger partial charge in [-0.05, 0) is 91.2 Å². The predicted octanol–water partition coefficient (Wildman–Crippen LogP) is 7.18. The molecule has 0 unspecified atom stereocenters. The number of carbonyl (C=O) groups excluding carboxylic acids is 2. The molecule has 3 aliphatic rings. The fraction of sp³-hybridized carbons (Fsp3) is 0.733. The highest BCUT2D eigenvalue weighted by molar-refractivity contribution is 6.74. The first-order chi connectivity index (χ1) is 16.8. The van der Waals surface area contributed by atoms with E-state index < -0.39 is 8.32 Å². The topological polar surface area (TPSA) is 61.8 Å². The van der Waals surface area contributed by atoms with Gasteiger partial charge in [0.25, 0.3) is 0 Å². The second-order valence-corrected chi connectivity index (χ2v) is 17.8. The zero-order chi connectivity index (χ0) is 26.5. The van der Waals surface area contributed by atoms with Gasteiger partial charge in [0.05, 0.1) is 6.10 Å². The molecule has 6 heteroatoms. The van der Waals surface area contributed by atoms with Crippen molar-refractivity contribution in [1.29, 1.82) is 0 Å². The number of hydrogen-bond acceptors (Lipinski definition) is 5. The molecule has 0 heterocycles. The van der Waals surface area contributed by atoms with Crippen LogP contribution in [-0.2, 0) is 25.2 Å². The monoisotopic (exact) mass is 514 g/mol. The van der Waals surface area contributed by atoms with E-state index in [4.69, 9.17) is 13.9 Å². The van der Waals surface area contributed by atoms with Crippen LogP contribution in [0.1, 0.15) is 97.1 Å². The van der Waals surface area contributed by atoms with Crippen LogP contribution in [0, 0.1) is 17.3 Å². The molecule has 0 radical (unpaired) electrons. The fourth-order valence-corrected chi connectivity index (χ4v) is 8.20. The smallest absolute Gasteiger partial charge is 0.310 e. The molecule has 0 saturated heterocycles. The van der Waals surface area contributed by atoms with Crippen molar-refractivity contribution < 1.29 is 23.5 Å². The van der Waals surface area contributed by atoms with Gasteiger partial charge in [-0.2, -0.15) is 0 Å². The van der Waals surface area contributed by atoms with E-state index in [-0.39, 0.29) is 34.6 Å². The largest absolute Gasteiger partial charge is 0.459 e. The van der Waals surface area contributed by atoms with Crippen molar-refractivity contribution in [3.8, 4) is 5.75 Å². The summed E-state index contributed by atoms with van der Waals surface area (Å²) in [7, 11) is -2.03. The Labute approximate surface area is 218 Å². The van der Waals surface area contributed by atoms with Gasteiger partial charge in [0.15, 0.2) is 8.32 Å². The van der Waals surface area contributed by atoms with Crippen molar-refractivity contribution in [2.45, 2.75) is 123 Å². The summed E-state index contributed by atoms with van der Waals surface area (Å²) in [5.74, 6) is 1.87. The number of fused-ring (bicyclic) bond motifs is 5. The standard InChI is InChI=1S/C30H46O5Si/c1-9-26(31)33-20-12-14-21-19(17-20)11-13-23-22(21)15-16-30(6)24(23)18-25(28(30)34-27(32)10-2)35-36(7,8)29(3,4)5/h12,14,17,22-25,28H,9-11,13,15-16,18H2,1-8H3/t22-,23-,24+,25-,28+,30+/m1/s1. The average molecular weight is 515 g/mol. The predicted molar refractivity (Wildman–Crippen MR) is 145 cm³/mol. The van der Waals surface area contributed by atoms with Gasteiger partial charge in [-0.25, -0.2) is 0 Å². The first-order valence-electron chi connectivity index (χ1n) is 14.0. The van der Waals surface area contributed by atoms with Crippen LogP contribution < -0.4 is 4.74 Å². The zero-order valence-electron chi connectivity index (χ0n) is 23.6. The van der Waals surface area contributed by atoms with E-state index >= 15 is 0 Å². The molecule has 200 valence electrons. The third kappa shape index (κ3) is 4.92. The number of esters is 2. The normalized spacial score (nSPS) is 31.7. The van der Waals surface area contributed by atoms with Crippen molar-refractivity contribution in [2.75, 3.05) is 0 Å². The number of rotatable bonds is 6. The molecule has 0 amide bonds. The average Bonchev–Trinajstić information content (AvgIpc) is 3.08. The minimum absolute atomic E-state index is 0.0348. The van der Waals surface area contributed by atoms with E-state index in [1.165, 1.54) is 11.1 Å². The Morgan fingerprint density at radius 2 is 1.78 bits per heavy atom. The van der Waals surface area contributed by atoms with Crippen LogP contribution >= 0.6 is 0 Å². The minimum Gasteiger partial charge on any atom is -0.459 e. The van der Waals surface area contributed by atoms with Gasteiger partial charge in [-0.15, -0.1) is 0 Å². The lowest BCUT2D eigenvalue weighted by atomic mass is 9.55. The Bertz CT molecular complexity index is 996. The molecular weight excluding hydrogens is 468 g/mol. The van der Waals surface area contributed by atoms with Crippen molar-refractivity contribution in [1.82, 2.24) is 0 Å². The second kappa shape index (κ2) is 9.90. The molecule has 0 bridgehead atoms. The van der Waals surface area contributed by atoms with E-state index in [0.717, 1.165) is 32.1 Å². The molecule has 0 spiro atoms. The summed E-state index contributed by atoms with van der Waals surface area (Å²) in [5.41, 5.74) is 2.68. The summed E-state index contributed by atoms with van der Waals surface area (Å²) in [6.07, 6.45) is 5.76. The van der Waals surface area contributed by atoms with E-state index in [2.05, 4.69) is 52.9 Å². The second-order valence-electron chi connectivity index (χ2n) is 13.1. The first kappa shape index (κ1) is 27.4. The Morgan fingerprint density at radius 1 is 1.08 bits per heavy atom.